The Kier molecular flexibility index (Phi) is 7.44. The molecular weight excluding hydrogens is 433 g/mol. The molecule has 0 aliphatic carbocycles. The highest BCUT2D eigenvalue weighted by molar-refractivity contribution is 6.11. The highest BCUT2D eigenvalue weighted by Crippen LogP contribution is 2.18. The van der Waals surface area contributed by atoms with Crippen LogP contribution < -0.4 is 5.56 Å². The van der Waals surface area contributed by atoms with E-state index in [1.165, 1.54) is 36.5 Å². The van der Waals surface area contributed by atoms with Gasteiger partial charge in [0.25, 0.3) is 11.5 Å². The molecule has 6 nitrogen and oxygen atoms in total. The van der Waals surface area contributed by atoms with Crippen molar-refractivity contribution in [2.75, 3.05) is 32.7 Å². The largest absolute Gasteiger partial charge is 0.338 e. The first kappa shape index (κ1) is 23.3. The van der Waals surface area contributed by atoms with Gasteiger partial charge in [0.2, 0.25) is 0 Å². The molecule has 1 aliphatic rings. The third-order valence-corrected chi connectivity index (χ3v) is 5.90. The Labute approximate surface area is 197 Å². The predicted molar refractivity (Wildman–Crippen MR) is 129 cm³/mol. The molecule has 7 heteroatoms. The molecule has 1 fully saturated rings. The molecule has 0 saturated carbocycles. The van der Waals surface area contributed by atoms with E-state index in [2.05, 4.69) is 17.1 Å². The lowest BCUT2D eigenvalue weighted by Crippen LogP contribution is -2.52. The fourth-order valence-corrected chi connectivity index (χ4v) is 4.01. The lowest BCUT2D eigenvalue weighted by Gasteiger charge is -2.36. The molecule has 3 aromatic rings. The standard InChI is InChI=1S/C27H26FN3O3/c28-23-13-11-22(12-14-23)26(33)25(31-16-5-4-10-24(31)32)27(34)30-19-17-29(18-20-30)15-6-9-21-7-2-1-3-8-21/h1-14,16,25H,15,17-20H2. The summed E-state index contributed by atoms with van der Waals surface area (Å²) in [7, 11) is 0. The minimum absolute atomic E-state index is 0.181. The number of carbonyl (C=O) groups excluding carboxylic acids is 2. The zero-order valence-corrected chi connectivity index (χ0v) is 18.7. The van der Waals surface area contributed by atoms with Gasteiger partial charge < -0.3 is 4.90 Å². The lowest BCUT2D eigenvalue weighted by molar-refractivity contribution is -0.135. The topological polar surface area (TPSA) is 62.6 Å². The van der Waals surface area contributed by atoms with Gasteiger partial charge in [0, 0.05) is 50.6 Å². The molecule has 1 aliphatic heterocycles. The van der Waals surface area contributed by atoms with E-state index in [0.717, 1.165) is 16.7 Å². The van der Waals surface area contributed by atoms with Crippen LogP contribution >= 0.6 is 0 Å². The zero-order chi connectivity index (χ0) is 23.9. The monoisotopic (exact) mass is 459 g/mol. The van der Waals surface area contributed by atoms with Crippen LogP contribution in [0.1, 0.15) is 22.0 Å². The van der Waals surface area contributed by atoms with Crippen LogP contribution in [0.2, 0.25) is 0 Å². The van der Waals surface area contributed by atoms with Crippen LogP contribution in [0.25, 0.3) is 6.08 Å². The Balaban J connectivity index is 1.46. The van der Waals surface area contributed by atoms with Gasteiger partial charge in [0.05, 0.1) is 0 Å². The molecule has 1 aromatic heterocycles. The number of pyridine rings is 1. The number of piperazine rings is 1. The second kappa shape index (κ2) is 10.9. The summed E-state index contributed by atoms with van der Waals surface area (Å²) in [4.78, 5) is 43.1. The van der Waals surface area contributed by atoms with Crippen molar-refractivity contribution in [3.8, 4) is 0 Å². The molecule has 0 N–H and O–H groups in total. The molecule has 0 radical (unpaired) electrons. The maximum atomic E-state index is 13.5. The van der Waals surface area contributed by atoms with E-state index >= 15 is 0 Å². The third kappa shape index (κ3) is 5.55. The quantitative estimate of drug-likeness (QED) is 0.402. The van der Waals surface area contributed by atoms with Crippen molar-refractivity contribution in [1.82, 2.24) is 14.4 Å². The molecule has 0 spiro atoms. The number of carbonyl (C=O) groups is 2. The number of aromatic nitrogens is 1. The molecule has 1 amide bonds. The molecule has 2 heterocycles. The van der Waals surface area contributed by atoms with E-state index in [-0.39, 0.29) is 5.56 Å². The summed E-state index contributed by atoms with van der Waals surface area (Å²) in [6.45, 7) is 2.98. The Morgan fingerprint density at radius 2 is 1.56 bits per heavy atom. The van der Waals surface area contributed by atoms with E-state index in [1.807, 2.05) is 30.3 Å². The van der Waals surface area contributed by atoms with Crippen LogP contribution in [0.15, 0.2) is 89.9 Å². The summed E-state index contributed by atoms with van der Waals surface area (Å²) in [6, 6.07) is 18.2. The van der Waals surface area contributed by atoms with Crippen molar-refractivity contribution in [2.24, 2.45) is 0 Å². The minimum Gasteiger partial charge on any atom is -0.338 e. The van der Waals surface area contributed by atoms with Crippen LogP contribution in [-0.2, 0) is 4.79 Å². The van der Waals surface area contributed by atoms with Gasteiger partial charge in [0.15, 0.2) is 11.8 Å². The average molecular weight is 460 g/mol. The average Bonchev–Trinajstić information content (AvgIpc) is 2.87. The smallest absolute Gasteiger partial charge is 0.253 e. The summed E-state index contributed by atoms with van der Waals surface area (Å²) in [5.74, 6) is -1.44. The lowest BCUT2D eigenvalue weighted by atomic mass is 10.0. The number of benzene rings is 2. The van der Waals surface area contributed by atoms with E-state index in [1.54, 1.807) is 17.0 Å². The molecule has 4 rings (SSSR count). The number of halogens is 1. The summed E-state index contributed by atoms with van der Waals surface area (Å²) >= 11 is 0. The summed E-state index contributed by atoms with van der Waals surface area (Å²) in [5, 5.41) is 0. The Bertz CT molecular complexity index is 1210. The van der Waals surface area contributed by atoms with Gasteiger partial charge in [0.1, 0.15) is 5.82 Å². The van der Waals surface area contributed by atoms with Crippen LogP contribution in [-0.4, -0.2) is 58.8 Å². The van der Waals surface area contributed by atoms with Crippen LogP contribution in [0.5, 0.6) is 0 Å². The van der Waals surface area contributed by atoms with Gasteiger partial charge in [-0.3, -0.25) is 23.9 Å². The number of nitrogens with zero attached hydrogens (tertiary/aromatic N) is 3. The van der Waals surface area contributed by atoms with Gasteiger partial charge in [-0.05, 0) is 35.9 Å². The van der Waals surface area contributed by atoms with Crippen molar-refractivity contribution in [2.45, 2.75) is 6.04 Å². The molecule has 0 bridgehead atoms. The molecule has 1 saturated heterocycles. The Hall–Kier alpha value is -3.84. The molecule has 1 atom stereocenters. The maximum absolute atomic E-state index is 13.5. The molecule has 1 unspecified atom stereocenters. The summed E-state index contributed by atoms with van der Waals surface area (Å²) < 4.78 is 14.5. The van der Waals surface area contributed by atoms with Gasteiger partial charge in [-0.1, -0.05) is 48.6 Å². The van der Waals surface area contributed by atoms with Gasteiger partial charge in [-0.15, -0.1) is 0 Å². The molecule has 174 valence electrons. The van der Waals surface area contributed by atoms with E-state index in [4.69, 9.17) is 0 Å². The van der Waals surface area contributed by atoms with Gasteiger partial charge >= 0.3 is 0 Å². The Morgan fingerprint density at radius 1 is 0.882 bits per heavy atom. The first-order valence-corrected chi connectivity index (χ1v) is 11.2. The number of ketones is 1. The normalized spacial score (nSPS) is 15.4. The Morgan fingerprint density at radius 3 is 2.24 bits per heavy atom. The zero-order valence-electron chi connectivity index (χ0n) is 18.7. The first-order valence-electron chi connectivity index (χ1n) is 11.2. The van der Waals surface area contributed by atoms with Crippen molar-refractivity contribution in [3.05, 3.63) is 112 Å². The van der Waals surface area contributed by atoms with Gasteiger partial charge in [-0.2, -0.15) is 0 Å². The van der Waals surface area contributed by atoms with Crippen LogP contribution in [0.3, 0.4) is 0 Å². The second-order valence-electron chi connectivity index (χ2n) is 8.16. The molecular formula is C27H26FN3O3. The first-order chi connectivity index (χ1) is 16.5. The molecule has 2 aromatic carbocycles. The van der Waals surface area contributed by atoms with E-state index in [0.29, 0.717) is 26.2 Å². The number of hydrogen-bond donors (Lipinski definition) is 0. The van der Waals surface area contributed by atoms with Crippen molar-refractivity contribution in [3.63, 3.8) is 0 Å². The number of rotatable bonds is 7. The third-order valence-electron chi connectivity index (χ3n) is 5.90. The number of amides is 1. The van der Waals surface area contributed by atoms with Crippen molar-refractivity contribution >= 4 is 17.8 Å². The highest BCUT2D eigenvalue weighted by atomic mass is 19.1. The minimum atomic E-state index is -1.33. The van der Waals surface area contributed by atoms with E-state index < -0.39 is 29.1 Å². The van der Waals surface area contributed by atoms with Gasteiger partial charge in [-0.25, -0.2) is 4.39 Å². The molecule has 34 heavy (non-hydrogen) atoms. The maximum Gasteiger partial charge on any atom is 0.253 e. The van der Waals surface area contributed by atoms with Crippen molar-refractivity contribution in [1.29, 1.82) is 0 Å². The summed E-state index contributed by atoms with van der Waals surface area (Å²) in [6.07, 6.45) is 5.60. The van der Waals surface area contributed by atoms with Crippen LogP contribution in [0, 0.1) is 5.82 Å². The number of Topliss-reactive ketones (excluding diaryl/α,β-unsaturated/α-hetero) is 1. The summed E-state index contributed by atoms with van der Waals surface area (Å²) in [5.41, 5.74) is 0.868. The number of hydrogen-bond acceptors (Lipinski definition) is 4. The fraction of sp³-hybridized carbons (Fsp3) is 0.222. The fourth-order valence-electron chi connectivity index (χ4n) is 4.01. The SMILES string of the molecule is O=C(c1ccc(F)cc1)C(C(=O)N1CCN(CC=Cc2ccccc2)CC1)n1ccccc1=O. The highest BCUT2D eigenvalue weighted by Gasteiger charge is 2.34. The van der Waals surface area contributed by atoms with Crippen LogP contribution in [0.4, 0.5) is 4.39 Å². The van der Waals surface area contributed by atoms with Crippen molar-refractivity contribution < 1.29 is 14.0 Å². The second-order valence-corrected chi connectivity index (χ2v) is 8.16. The predicted octanol–water partition coefficient (Wildman–Crippen LogP) is 3.27. The van der Waals surface area contributed by atoms with E-state index in [9.17, 15) is 18.8 Å².